The summed E-state index contributed by atoms with van der Waals surface area (Å²) in [7, 11) is 0. The van der Waals surface area contributed by atoms with Crippen LogP contribution < -0.4 is 0 Å². The molecule has 0 amide bonds. The van der Waals surface area contributed by atoms with Gasteiger partial charge in [-0.05, 0) is 18.2 Å². The molecular formula is C12H8N4O2. The van der Waals surface area contributed by atoms with Gasteiger partial charge in [0, 0.05) is 18.0 Å². The highest BCUT2D eigenvalue weighted by Crippen LogP contribution is 2.24. The van der Waals surface area contributed by atoms with E-state index >= 15 is 0 Å². The van der Waals surface area contributed by atoms with Crippen molar-refractivity contribution in [3.05, 3.63) is 42.6 Å². The first-order chi connectivity index (χ1) is 8.75. The van der Waals surface area contributed by atoms with Crippen molar-refractivity contribution in [2.45, 2.75) is 0 Å². The molecule has 3 aromatic heterocycles. The Balaban J connectivity index is 2.33. The van der Waals surface area contributed by atoms with Gasteiger partial charge < -0.3 is 10.1 Å². The lowest BCUT2D eigenvalue weighted by Gasteiger charge is -2.03. The Labute approximate surface area is 101 Å². The van der Waals surface area contributed by atoms with Gasteiger partial charge in [-0.15, -0.1) is 0 Å². The first kappa shape index (κ1) is 10.4. The summed E-state index contributed by atoms with van der Waals surface area (Å²) >= 11 is 0. The van der Waals surface area contributed by atoms with Gasteiger partial charge in [0.2, 0.25) is 0 Å². The normalized spacial score (nSPS) is 10.7. The Kier molecular flexibility index (Phi) is 2.26. The number of pyridine rings is 2. The average Bonchev–Trinajstić information content (AvgIpc) is 2.86. The summed E-state index contributed by atoms with van der Waals surface area (Å²) in [6.07, 6.45) is 4.78. The quantitative estimate of drug-likeness (QED) is 0.711. The molecule has 0 bridgehead atoms. The van der Waals surface area contributed by atoms with Gasteiger partial charge in [0.25, 0.3) is 0 Å². The van der Waals surface area contributed by atoms with Crippen molar-refractivity contribution in [3.8, 4) is 11.3 Å². The molecule has 6 nitrogen and oxygen atoms in total. The Morgan fingerprint density at radius 3 is 3.00 bits per heavy atom. The maximum Gasteiger partial charge on any atom is 0.354 e. The van der Waals surface area contributed by atoms with Crippen LogP contribution in [0.25, 0.3) is 22.3 Å². The number of nitrogens with one attached hydrogen (secondary N) is 1. The predicted molar refractivity (Wildman–Crippen MR) is 64.1 cm³/mol. The molecule has 0 atom stereocenters. The van der Waals surface area contributed by atoms with Gasteiger partial charge in [-0.1, -0.05) is 0 Å². The van der Waals surface area contributed by atoms with Crippen LogP contribution in [0.5, 0.6) is 0 Å². The summed E-state index contributed by atoms with van der Waals surface area (Å²) in [6, 6.07) is 5.04. The molecule has 0 radical (unpaired) electrons. The van der Waals surface area contributed by atoms with Gasteiger partial charge in [0.05, 0.1) is 11.8 Å². The van der Waals surface area contributed by atoms with E-state index in [1.165, 1.54) is 12.4 Å². The van der Waals surface area contributed by atoms with Gasteiger partial charge in [-0.25, -0.2) is 14.8 Å². The summed E-state index contributed by atoms with van der Waals surface area (Å²) < 4.78 is 0. The van der Waals surface area contributed by atoms with E-state index < -0.39 is 5.97 Å². The number of hydrogen-bond donors (Lipinski definition) is 2. The third-order valence-corrected chi connectivity index (χ3v) is 2.56. The largest absolute Gasteiger partial charge is 0.477 e. The van der Waals surface area contributed by atoms with E-state index in [-0.39, 0.29) is 5.69 Å². The number of rotatable bonds is 2. The predicted octanol–water partition coefficient (Wildman–Crippen LogP) is 1.72. The Morgan fingerprint density at radius 2 is 2.28 bits per heavy atom. The van der Waals surface area contributed by atoms with Crippen LogP contribution in [0.3, 0.4) is 0 Å². The molecule has 0 aliphatic heterocycles. The number of aromatic amines is 1. The summed E-state index contributed by atoms with van der Waals surface area (Å²) in [6.45, 7) is 0. The van der Waals surface area contributed by atoms with E-state index in [0.717, 1.165) is 5.56 Å². The van der Waals surface area contributed by atoms with Crippen LogP contribution in [0.2, 0.25) is 0 Å². The second kappa shape index (κ2) is 3.92. The summed E-state index contributed by atoms with van der Waals surface area (Å²) in [5.74, 6) is -1.07. The average molecular weight is 240 g/mol. The first-order valence-corrected chi connectivity index (χ1v) is 5.23. The number of fused-ring (bicyclic) bond motifs is 1. The lowest BCUT2D eigenvalue weighted by molar-refractivity contribution is 0.0691. The fraction of sp³-hybridized carbons (Fsp3) is 0. The number of carboxylic acids is 1. The van der Waals surface area contributed by atoms with Crippen molar-refractivity contribution in [1.29, 1.82) is 0 Å². The molecule has 18 heavy (non-hydrogen) atoms. The number of H-pyrrole nitrogens is 1. The zero-order chi connectivity index (χ0) is 12.5. The fourth-order valence-corrected chi connectivity index (χ4v) is 1.76. The maximum atomic E-state index is 11.0. The highest BCUT2D eigenvalue weighted by Gasteiger charge is 2.14. The molecule has 2 N–H and O–H groups in total. The zero-order valence-corrected chi connectivity index (χ0v) is 9.16. The highest BCUT2D eigenvalue weighted by atomic mass is 16.4. The number of aromatic carboxylic acids is 1. The van der Waals surface area contributed by atoms with E-state index in [1.54, 1.807) is 18.5 Å². The number of imidazole rings is 1. The van der Waals surface area contributed by atoms with Gasteiger partial charge in [0.1, 0.15) is 11.2 Å². The number of nitrogens with zero attached hydrogens (tertiary/aromatic N) is 3. The van der Waals surface area contributed by atoms with Crippen molar-refractivity contribution in [2.24, 2.45) is 0 Å². The molecular weight excluding hydrogens is 232 g/mol. The van der Waals surface area contributed by atoms with E-state index in [0.29, 0.717) is 16.7 Å². The van der Waals surface area contributed by atoms with Crippen molar-refractivity contribution in [2.75, 3.05) is 0 Å². The topological polar surface area (TPSA) is 91.8 Å². The van der Waals surface area contributed by atoms with Crippen LogP contribution in [-0.4, -0.2) is 31.0 Å². The SMILES string of the molecule is O=C(O)c1cc2[nH]cnc2c(-c2cccnc2)n1. The molecule has 3 rings (SSSR count). The third-order valence-electron chi connectivity index (χ3n) is 2.56. The molecule has 3 aromatic rings. The molecule has 0 saturated carbocycles. The minimum absolute atomic E-state index is 0.0226. The molecule has 0 aliphatic carbocycles. The van der Waals surface area contributed by atoms with E-state index in [1.807, 2.05) is 6.07 Å². The summed E-state index contributed by atoms with van der Waals surface area (Å²) in [5, 5.41) is 9.04. The molecule has 3 heterocycles. The summed E-state index contributed by atoms with van der Waals surface area (Å²) in [5.41, 5.74) is 2.50. The Morgan fingerprint density at radius 1 is 1.39 bits per heavy atom. The number of carbonyl (C=O) groups is 1. The monoisotopic (exact) mass is 240 g/mol. The Hall–Kier alpha value is -2.76. The van der Waals surface area contributed by atoms with Crippen LogP contribution in [0, 0.1) is 0 Å². The lowest BCUT2D eigenvalue weighted by Crippen LogP contribution is -2.01. The Bertz CT molecular complexity index is 721. The molecule has 88 valence electrons. The van der Waals surface area contributed by atoms with E-state index in [9.17, 15) is 4.79 Å². The second-order valence-corrected chi connectivity index (χ2v) is 3.70. The minimum atomic E-state index is -1.07. The van der Waals surface area contributed by atoms with Crippen molar-refractivity contribution >= 4 is 17.0 Å². The number of aromatic nitrogens is 4. The van der Waals surface area contributed by atoms with Crippen LogP contribution in [0.15, 0.2) is 36.9 Å². The standard InChI is InChI=1S/C12H8N4O2/c17-12(18)9-4-8-11(15-6-14-8)10(16-9)7-2-1-3-13-5-7/h1-6H,(H,14,15)(H,17,18). The molecule has 0 aliphatic rings. The molecule has 6 heteroatoms. The van der Waals surface area contributed by atoms with E-state index in [4.69, 9.17) is 5.11 Å². The third kappa shape index (κ3) is 1.60. The smallest absolute Gasteiger partial charge is 0.354 e. The minimum Gasteiger partial charge on any atom is -0.477 e. The van der Waals surface area contributed by atoms with Crippen LogP contribution in [-0.2, 0) is 0 Å². The van der Waals surface area contributed by atoms with Crippen LogP contribution in [0.4, 0.5) is 0 Å². The van der Waals surface area contributed by atoms with E-state index in [2.05, 4.69) is 19.9 Å². The molecule has 0 fully saturated rings. The molecule has 0 saturated heterocycles. The van der Waals surface area contributed by atoms with Gasteiger partial charge in [0.15, 0.2) is 5.69 Å². The van der Waals surface area contributed by atoms with Gasteiger partial charge >= 0.3 is 5.97 Å². The molecule has 0 aromatic carbocycles. The number of carboxylic acid groups (broad SMARTS) is 1. The summed E-state index contributed by atoms with van der Waals surface area (Å²) in [4.78, 5) is 26.2. The van der Waals surface area contributed by atoms with Crippen LogP contribution >= 0.6 is 0 Å². The molecule has 0 spiro atoms. The first-order valence-electron chi connectivity index (χ1n) is 5.23. The fourth-order valence-electron chi connectivity index (χ4n) is 1.76. The van der Waals surface area contributed by atoms with Gasteiger partial charge in [-0.2, -0.15) is 0 Å². The lowest BCUT2D eigenvalue weighted by atomic mass is 10.1. The second-order valence-electron chi connectivity index (χ2n) is 3.70. The maximum absolute atomic E-state index is 11.0. The highest BCUT2D eigenvalue weighted by molar-refractivity contribution is 5.95. The zero-order valence-electron chi connectivity index (χ0n) is 9.16. The van der Waals surface area contributed by atoms with Crippen molar-refractivity contribution in [3.63, 3.8) is 0 Å². The van der Waals surface area contributed by atoms with Crippen LogP contribution in [0.1, 0.15) is 10.5 Å². The number of hydrogen-bond acceptors (Lipinski definition) is 4. The van der Waals surface area contributed by atoms with Crippen molar-refractivity contribution in [1.82, 2.24) is 19.9 Å². The van der Waals surface area contributed by atoms with Gasteiger partial charge in [-0.3, -0.25) is 4.98 Å². The van der Waals surface area contributed by atoms with Crippen molar-refractivity contribution < 1.29 is 9.90 Å². The molecule has 0 unspecified atom stereocenters.